The summed E-state index contributed by atoms with van der Waals surface area (Å²) in [4.78, 5) is 24.4. The van der Waals surface area contributed by atoms with Crippen LogP contribution in [-0.4, -0.2) is 73.8 Å². The van der Waals surface area contributed by atoms with Crippen molar-refractivity contribution in [2.45, 2.75) is 28.2 Å². The largest absolute Gasteiger partial charge is 0.376 e. The molecule has 3 rings (SSSR count). The third kappa shape index (κ3) is 6.46. The molecular weight excluding hydrogens is 462 g/mol. The van der Waals surface area contributed by atoms with Crippen LogP contribution in [0.4, 0.5) is 5.13 Å². The topological polar surface area (TPSA) is 131 Å². The first-order valence-electron chi connectivity index (χ1n) is 9.44. The summed E-state index contributed by atoms with van der Waals surface area (Å²) in [6, 6.07) is 5.39. The lowest BCUT2D eigenvalue weighted by Gasteiger charge is -2.11. The molecule has 1 aliphatic rings. The maximum absolute atomic E-state index is 12.2. The van der Waals surface area contributed by atoms with Crippen LogP contribution in [0.1, 0.15) is 23.2 Å². The number of hydrogen-bond donors (Lipinski definition) is 2. The Hall–Kier alpha value is -2.06. The molecule has 2 aromatic rings. The van der Waals surface area contributed by atoms with E-state index >= 15 is 0 Å². The number of carbonyl (C=O) groups is 2. The lowest BCUT2D eigenvalue weighted by molar-refractivity contribution is -0.117. The lowest BCUT2D eigenvalue weighted by Crippen LogP contribution is -2.31. The summed E-state index contributed by atoms with van der Waals surface area (Å²) in [6.07, 6.45) is 2.28. The number of imide groups is 1. The van der Waals surface area contributed by atoms with Crippen LogP contribution in [-0.2, 0) is 19.6 Å². The van der Waals surface area contributed by atoms with Gasteiger partial charge in [0.05, 0.1) is 16.8 Å². The van der Waals surface area contributed by atoms with Crippen molar-refractivity contribution in [1.29, 1.82) is 0 Å². The Labute approximate surface area is 188 Å². The molecule has 0 spiro atoms. The molecule has 0 unspecified atom stereocenters. The van der Waals surface area contributed by atoms with Crippen LogP contribution in [0.2, 0.25) is 0 Å². The van der Waals surface area contributed by atoms with Gasteiger partial charge in [-0.25, -0.2) is 12.7 Å². The predicted molar refractivity (Wildman–Crippen MR) is 118 cm³/mol. The van der Waals surface area contributed by atoms with Crippen LogP contribution in [0, 0.1) is 0 Å². The highest BCUT2D eigenvalue weighted by Gasteiger charge is 2.19. The molecule has 1 saturated heterocycles. The molecule has 2 amide bonds. The first-order chi connectivity index (χ1) is 14.8. The summed E-state index contributed by atoms with van der Waals surface area (Å²) in [5, 5.41) is 14.2. The maximum Gasteiger partial charge on any atom is 0.257 e. The molecule has 0 saturated carbocycles. The number of nitrogens with zero attached hydrogens (tertiary/aromatic N) is 3. The van der Waals surface area contributed by atoms with Crippen molar-refractivity contribution in [2.24, 2.45) is 0 Å². The van der Waals surface area contributed by atoms with Gasteiger partial charge in [0, 0.05) is 32.8 Å². The molecule has 1 fully saturated rings. The highest BCUT2D eigenvalue weighted by Crippen LogP contribution is 2.25. The van der Waals surface area contributed by atoms with E-state index < -0.39 is 21.8 Å². The number of amides is 2. The highest BCUT2D eigenvalue weighted by atomic mass is 32.2. The summed E-state index contributed by atoms with van der Waals surface area (Å²) in [7, 11) is -0.733. The molecule has 2 heterocycles. The molecule has 1 atom stereocenters. The quantitative estimate of drug-likeness (QED) is 0.506. The Balaban J connectivity index is 1.45. The Morgan fingerprint density at radius 2 is 2.00 bits per heavy atom. The summed E-state index contributed by atoms with van der Waals surface area (Å²) in [6.45, 7) is 1.46. The van der Waals surface area contributed by atoms with E-state index in [-0.39, 0.29) is 22.3 Å². The molecule has 10 nitrogen and oxygen atoms in total. The highest BCUT2D eigenvalue weighted by molar-refractivity contribution is 8.01. The molecule has 0 radical (unpaired) electrons. The molecule has 1 aromatic carbocycles. The summed E-state index contributed by atoms with van der Waals surface area (Å²) in [5.41, 5.74) is 0.188. The van der Waals surface area contributed by atoms with Crippen LogP contribution in [0.3, 0.4) is 0 Å². The number of nitrogens with one attached hydrogen (secondary N) is 2. The van der Waals surface area contributed by atoms with E-state index in [2.05, 4.69) is 20.8 Å². The Morgan fingerprint density at radius 3 is 2.65 bits per heavy atom. The molecule has 1 aliphatic heterocycles. The van der Waals surface area contributed by atoms with Crippen LogP contribution in [0.15, 0.2) is 33.5 Å². The second-order valence-electron chi connectivity index (χ2n) is 6.87. The number of aromatic nitrogens is 2. The first-order valence-corrected chi connectivity index (χ1v) is 12.7. The smallest absolute Gasteiger partial charge is 0.257 e. The SMILES string of the molecule is CN(C)S(=O)(=O)c1ccc(C(=O)NC(=O)CSc2nnc(NC[C@@H]3CCCO3)s2)cc1. The van der Waals surface area contributed by atoms with Crippen LogP contribution in [0.5, 0.6) is 0 Å². The zero-order chi connectivity index (χ0) is 22.4. The Morgan fingerprint density at radius 1 is 1.26 bits per heavy atom. The van der Waals surface area contributed by atoms with Crippen LogP contribution < -0.4 is 10.6 Å². The second-order valence-corrected chi connectivity index (χ2v) is 11.2. The average molecular weight is 486 g/mol. The van der Waals surface area contributed by atoms with Gasteiger partial charge in [0.25, 0.3) is 5.91 Å². The van der Waals surface area contributed by atoms with Crippen molar-refractivity contribution in [2.75, 3.05) is 38.3 Å². The molecule has 31 heavy (non-hydrogen) atoms. The van der Waals surface area contributed by atoms with Gasteiger partial charge in [-0.2, -0.15) is 0 Å². The number of sulfonamides is 1. The monoisotopic (exact) mass is 485 g/mol. The van der Waals surface area contributed by atoms with Crippen molar-refractivity contribution in [3.05, 3.63) is 29.8 Å². The third-order valence-corrected chi connectivity index (χ3v) is 8.23. The van der Waals surface area contributed by atoms with Gasteiger partial charge in [0.15, 0.2) is 4.34 Å². The van der Waals surface area contributed by atoms with E-state index in [1.807, 2.05) is 0 Å². The normalized spacial score (nSPS) is 16.4. The number of anilines is 1. The molecule has 1 aromatic heterocycles. The number of carbonyl (C=O) groups excluding carboxylic acids is 2. The summed E-state index contributed by atoms with van der Waals surface area (Å²) >= 11 is 2.51. The second kappa shape index (κ2) is 10.5. The van der Waals surface area contributed by atoms with E-state index in [1.54, 1.807) is 0 Å². The van der Waals surface area contributed by atoms with E-state index in [1.165, 1.54) is 61.5 Å². The zero-order valence-electron chi connectivity index (χ0n) is 17.0. The number of rotatable bonds is 9. The van der Waals surface area contributed by atoms with E-state index in [9.17, 15) is 18.0 Å². The lowest BCUT2D eigenvalue weighted by atomic mass is 10.2. The van der Waals surface area contributed by atoms with Gasteiger partial charge in [0.2, 0.25) is 21.1 Å². The van der Waals surface area contributed by atoms with Gasteiger partial charge < -0.3 is 10.1 Å². The minimum absolute atomic E-state index is 0.000792. The maximum atomic E-state index is 12.2. The number of ether oxygens (including phenoxy) is 1. The van der Waals surface area contributed by atoms with Gasteiger partial charge in [-0.1, -0.05) is 23.1 Å². The van der Waals surface area contributed by atoms with Crippen LogP contribution in [0.25, 0.3) is 0 Å². The fourth-order valence-electron chi connectivity index (χ4n) is 2.70. The van der Waals surface area contributed by atoms with Crippen LogP contribution >= 0.6 is 23.1 Å². The zero-order valence-corrected chi connectivity index (χ0v) is 19.5. The minimum Gasteiger partial charge on any atom is -0.376 e. The van der Waals surface area contributed by atoms with Crippen molar-refractivity contribution in [1.82, 2.24) is 19.8 Å². The number of benzene rings is 1. The van der Waals surface area contributed by atoms with Gasteiger partial charge in [-0.15, -0.1) is 10.2 Å². The molecule has 0 bridgehead atoms. The van der Waals surface area contributed by atoms with E-state index in [0.717, 1.165) is 23.8 Å². The molecular formula is C18H23N5O5S3. The van der Waals surface area contributed by atoms with Crippen molar-refractivity contribution in [3.8, 4) is 0 Å². The molecule has 2 N–H and O–H groups in total. The van der Waals surface area contributed by atoms with E-state index in [0.29, 0.717) is 16.0 Å². The minimum atomic E-state index is -3.58. The Kier molecular flexibility index (Phi) is 8.00. The summed E-state index contributed by atoms with van der Waals surface area (Å²) < 4.78 is 31.4. The standard InChI is InChI=1S/C18H23N5O5S3/c1-23(2)31(26,27)14-7-5-12(6-8-14)16(25)20-15(24)11-29-18-22-21-17(30-18)19-10-13-4-3-9-28-13/h5-8,13H,3-4,9-11H2,1-2H3,(H,19,21)(H,20,24,25)/t13-/m0/s1. The predicted octanol–water partition coefficient (Wildman–Crippen LogP) is 1.43. The van der Waals surface area contributed by atoms with Gasteiger partial charge in [0.1, 0.15) is 0 Å². The Bertz CT molecular complexity index is 1020. The number of hydrogen-bond acceptors (Lipinski definition) is 10. The third-order valence-electron chi connectivity index (χ3n) is 4.39. The van der Waals surface area contributed by atoms with Crippen molar-refractivity contribution < 1.29 is 22.7 Å². The number of thioether (sulfide) groups is 1. The molecule has 0 aliphatic carbocycles. The molecule has 168 valence electrons. The van der Waals surface area contributed by atoms with E-state index in [4.69, 9.17) is 4.74 Å². The fraction of sp³-hybridized carbons (Fsp3) is 0.444. The average Bonchev–Trinajstić information content (AvgIpc) is 3.42. The van der Waals surface area contributed by atoms with Gasteiger partial charge in [-0.3, -0.25) is 14.9 Å². The first kappa shape index (κ1) is 23.6. The summed E-state index contributed by atoms with van der Waals surface area (Å²) in [5.74, 6) is -1.08. The molecule has 13 heteroatoms. The fourth-order valence-corrected chi connectivity index (χ4v) is 5.16. The van der Waals surface area contributed by atoms with Crippen molar-refractivity contribution >= 4 is 50.1 Å². The van der Waals surface area contributed by atoms with Gasteiger partial charge in [-0.05, 0) is 37.1 Å². The van der Waals surface area contributed by atoms with Gasteiger partial charge >= 0.3 is 0 Å². The van der Waals surface area contributed by atoms with Crippen molar-refractivity contribution in [3.63, 3.8) is 0 Å².